The maximum atomic E-state index is 11.1. The van der Waals surface area contributed by atoms with Crippen LogP contribution in [0.15, 0.2) is 24.3 Å². The van der Waals surface area contributed by atoms with E-state index < -0.39 is 0 Å². The summed E-state index contributed by atoms with van der Waals surface area (Å²) in [5.74, 6) is -1.44. The first-order valence-corrected chi connectivity index (χ1v) is 4.21. The van der Waals surface area contributed by atoms with Crippen LogP contribution < -0.4 is 0 Å². The lowest BCUT2D eigenvalue weighted by Crippen LogP contribution is -2.18. The summed E-state index contributed by atoms with van der Waals surface area (Å²) in [5, 5.41) is 0. The molecule has 4 heteroatoms. The molecule has 0 unspecified atom stereocenters. The molecule has 0 aromatic rings. The van der Waals surface area contributed by atoms with Crippen LogP contribution in [-0.4, -0.2) is 26.2 Å². The van der Waals surface area contributed by atoms with Crippen molar-refractivity contribution in [3.63, 3.8) is 0 Å². The Labute approximate surface area is 82.2 Å². The summed E-state index contributed by atoms with van der Waals surface area (Å²) in [5.41, 5.74) is 0. The summed E-state index contributed by atoms with van der Waals surface area (Å²) in [6.45, 7) is 0. The van der Waals surface area contributed by atoms with Crippen molar-refractivity contribution in [2.24, 2.45) is 11.8 Å². The van der Waals surface area contributed by atoms with Crippen molar-refractivity contribution < 1.29 is 19.1 Å². The number of carbonyl (C=O) groups excluding carboxylic acids is 2. The summed E-state index contributed by atoms with van der Waals surface area (Å²) < 4.78 is 9.11. The standard InChI is InChI=1S/C10H12O4/c1-13-9(11)7-3-5-8(6-4-7)10(12)14-2/h3-8H,1-2H3. The molecule has 0 saturated carbocycles. The van der Waals surface area contributed by atoms with Gasteiger partial charge in [-0.1, -0.05) is 24.3 Å². The first kappa shape index (κ1) is 10.5. The second-order valence-corrected chi connectivity index (χ2v) is 2.87. The smallest absolute Gasteiger partial charge is 0.316 e. The third kappa shape index (κ3) is 2.22. The highest BCUT2D eigenvalue weighted by molar-refractivity contribution is 5.80. The second kappa shape index (κ2) is 4.60. The lowest BCUT2D eigenvalue weighted by atomic mass is 9.96. The summed E-state index contributed by atoms with van der Waals surface area (Å²) in [6.07, 6.45) is 6.53. The van der Waals surface area contributed by atoms with E-state index >= 15 is 0 Å². The second-order valence-electron chi connectivity index (χ2n) is 2.87. The molecule has 0 heterocycles. The molecule has 0 amide bonds. The average molecular weight is 196 g/mol. The molecule has 0 radical (unpaired) electrons. The van der Waals surface area contributed by atoms with E-state index in [4.69, 9.17) is 0 Å². The minimum Gasteiger partial charge on any atom is -0.468 e. The number of rotatable bonds is 2. The van der Waals surface area contributed by atoms with E-state index in [0.29, 0.717) is 0 Å². The SMILES string of the molecule is COC(=O)C1C=CC(C(=O)OC)C=C1. The van der Waals surface area contributed by atoms with E-state index in [0.717, 1.165) is 0 Å². The Kier molecular flexibility index (Phi) is 3.45. The third-order valence-electron chi connectivity index (χ3n) is 2.00. The van der Waals surface area contributed by atoms with Gasteiger partial charge in [0.2, 0.25) is 0 Å². The zero-order chi connectivity index (χ0) is 10.6. The summed E-state index contributed by atoms with van der Waals surface area (Å²) in [7, 11) is 2.66. The van der Waals surface area contributed by atoms with Gasteiger partial charge < -0.3 is 9.47 Å². The fourth-order valence-corrected chi connectivity index (χ4v) is 1.19. The zero-order valence-corrected chi connectivity index (χ0v) is 8.10. The summed E-state index contributed by atoms with van der Waals surface area (Å²) in [6, 6.07) is 0. The van der Waals surface area contributed by atoms with Crippen LogP contribution in [0.2, 0.25) is 0 Å². The fraction of sp³-hybridized carbons (Fsp3) is 0.400. The van der Waals surface area contributed by atoms with Crippen molar-refractivity contribution in [2.45, 2.75) is 0 Å². The molecule has 76 valence electrons. The molecular weight excluding hydrogens is 184 g/mol. The number of hydrogen-bond acceptors (Lipinski definition) is 4. The molecule has 0 aromatic carbocycles. The van der Waals surface area contributed by atoms with E-state index in [9.17, 15) is 9.59 Å². The summed E-state index contributed by atoms with van der Waals surface area (Å²) in [4.78, 5) is 22.1. The lowest BCUT2D eigenvalue weighted by molar-refractivity contribution is -0.144. The van der Waals surface area contributed by atoms with E-state index in [1.165, 1.54) is 14.2 Å². The summed E-state index contributed by atoms with van der Waals surface area (Å²) >= 11 is 0. The van der Waals surface area contributed by atoms with Crippen LogP contribution in [0, 0.1) is 11.8 Å². The Balaban J connectivity index is 2.61. The van der Waals surface area contributed by atoms with E-state index in [1.54, 1.807) is 24.3 Å². The van der Waals surface area contributed by atoms with Crippen molar-refractivity contribution in [1.82, 2.24) is 0 Å². The number of methoxy groups -OCH3 is 2. The van der Waals surface area contributed by atoms with Crippen LogP contribution in [0.1, 0.15) is 0 Å². The topological polar surface area (TPSA) is 52.6 Å². The number of ether oxygens (including phenoxy) is 2. The van der Waals surface area contributed by atoms with Gasteiger partial charge in [0.25, 0.3) is 0 Å². The molecule has 0 atom stereocenters. The van der Waals surface area contributed by atoms with E-state index in [2.05, 4.69) is 9.47 Å². The van der Waals surface area contributed by atoms with E-state index in [-0.39, 0.29) is 23.8 Å². The highest BCUT2D eigenvalue weighted by Crippen LogP contribution is 2.16. The van der Waals surface area contributed by atoms with Gasteiger partial charge >= 0.3 is 11.9 Å². The Hall–Kier alpha value is -1.58. The molecule has 1 aliphatic carbocycles. The Morgan fingerprint density at radius 1 is 0.857 bits per heavy atom. The van der Waals surface area contributed by atoms with Crippen LogP contribution in [0.3, 0.4) is 0 Å². The van der Waals surface area contributed by atoms with Crippen LogP contribution in [0.25, 0.3) is 0 Å². The van der Waals surface area contributed by atoms with Gasteiger partial charge in [-0.25, -0.2) is 0 Å². The van der Waals surface area contributed by atoms with Crippen LogP contribution >= 0.6 is 0 Å². The zero-order valence-electron chi connectivity index (χ0n) is 8.10. The average Bonchev–Trinajstić information content (AvgIpc) is 2.27. The van der Waals surface area contributed by atoms with Crippen LogP contribution in [0.4, 0.5) is 0 Å². The molecule has 0 N–H and O–H groups in total. The Morgan fingerprint density at radius 3 is 1.36 bits per heavy atom. The fourth-order valence-electron chi connectivity index (χ4n) is 1.19. The molecular formula is C10H12O4. The van der Waals surface area contributed by atoms with E-state index in [1.807, 2.05) is 0 Å². The van der Waals surface area contributed by atoms with Crippen molar-refractivity contribution in [3.8, 4) is 0 Å². The van der Waals surface area contributed by atoms with Crippen molar-refractivity contribution in [1.29, 1.82) is 0 Å². The van der Waals surface area contributed by atoms with Crippen molar-refractivity contribution in [2.75, 3.05) is 14.2 Å². The normalized spacial score (nSPS) is 24.4. The van der Waals surface area contributed by atoms with Gasteiger partial charge in [-0.2, -0.15) is 0 Å². The Bertz CT molecular complexity index is 248. The van der Waals surface area contributed by atoms with Crippen LogP contribution in [-0.2, 0) is 19.1 Å². The number of esters is 2. The predicted octanol–water partition coefficient (Wildman–Crippen LogP) is 0.691. The minimum absolute atomic E-state index is 0.333. The lowest BCUT2D eigenvalue weighted by Gasteiger charge is -2.13. The molecule has 0 saturated heterocycles. The van der Waals surface area contributed by atoms with Gasteiger partial charge in [-0.15, -0.1) is 0 Å². The highest BCUT2D eigenvalue weighted by Gasteiger charge is 2.20. The molecule has 1 rings (SSSR count). The van der Waals surface area contributed by atoms with Gasteiger partial charge in [0, 0.05) is 0 Å². The van der Waals surface area contributed by atoms with Crippen molar-refractivity contribution >= 4 is 11.9 Å². The molecule has 4 nitrogen and oxygen atoms in total. The van der Waals surface area contributed by atoms with Gasteiger partial charge in [-0.3, -0.25) is 9.59 Å². The predicted molar refractivity (Wildman–Crippen MR) is 49.3 cm³/mol. The van der Waals surface area contributed by atoms with Gasteiger partial charge in [0.1, 0.15) is 0 Å². The quantitative estimate of drug-likeness (QED) is 0.481. The number of hydrogen-bond donors (Lipinski definition) is 0. The molecule has 0 bridgehead atoms. The highest BCUT2D eigenvalue weighted by atomic mass is 16.5. The first-order chi connectivity index (χ1) is 6.69. The molecule has 0 aromatic heterocycles. The molecule has 0 spiro atoms. The molecule has 0 fully saturated rings. The van der Waals surface area contributed by atoms with Crippen molar-refractivity contribution in [3.05, 3.63) is 24.3 Å². The largest absolute Gasteiger partial charge is 0.468 e. The van der Waals surface area contributed by atoms with Gasteiger partial charge in [0.05, 0.1) is 26.1 Å². The van der Waals surface area contributed by atoms with Gasteiger partial charge in [-0.05, 0) is 0 Å². The minimum atomic E-state index is -0.388. The Morgan fingerprint density at radius 2 is 1.14 bits per heavy atom. The first-order valence-electron chi connectivity index (χ1n) is 4.21. The maximum Gasteiger partial charge on any atom is 0.316 e. The van der Waals surface area contributed by atoms with Gasteiger partial charge in [0.15, 0.2) is 0 Å². The number of carbonyl (C=O) groups is 2. The molecule has 14 heavy (non-hydrogen) atoms. The van der Waals surface area contributed by atoms with Crippen LogP contribution in [0.5, 0.6) is 0 Å². The monoisotopic (exact) mass is 196 g/mol. The molecule has 1 aliphatic rings. The molecule has 0 aliphatic heterocycles. The third-order valence-corrected chi connectivity index (χ3v) is 2.00. The maximum absolute atomic E-state index is 11.1.